The topological polar surface area (TPSA) is 46.2 Å². The van der Waals surface area contributed by atoms with Crippen LogP contribution < -0.4 is 5.73 Å². The summed E-state index contributed by atoms with van der Waals surface area (Å²) in [5.74, 6) is 0.844. The fraction of sp³-hybridized carbons (Fsp3) is 0.600. The second kappa shape index (κ2) is 6.60. The third-order valence-electron chi connectivity index (χ3n) is 3.33. The van der Waals surface area contributed by atoms with E-state index in [0.29, 0.717) is 0 Å². The minimum absolute atomic E-state index is 0.0387. The number of thioether (sulfide) groups is 1. The van der Waals surface area contributed by atoms with Gasteiger partial charge in [0.1, 0.15) is 0 Å². The van der Waals surface area contributed by atoms with Crippen LogP contribution in [0.4, 0.5) is 0 Å². The molecular formula is C15H25NOS. The molecule has 0 spiro atoms. The van der Waals surface area contributed by atoms with Crippen molar-refractivity contribution in [1.29, 1.82) is 0 Å². The van der Waals surface area contributed by atoms with Crippen LogP contribution in [0, 0.1) is 20.8 Å². The van der Waals surface area contributed by atoms with Crippen LogP contribution in [-0.2, 0) is 0 Å². The summed E-state index contributed by atoms with van der Waals surface area (Å²) < 4.78 is 0. The smallest absolute Gasteiger partial charge is 0.0628 e. The Morgan fingerprint density at radius 2 is 1.67 bits per heavy atom. The molecule has 0 aliphatic heterocycles. The van der Waals surface area contributed by atoms with Crippen molar-refractivity contribution in [2.75, 3.05) is 5.75 Å². The molecule has 3 atom stereocenters. The Kier molecular flexibility index (Phi) is 5.70. The Bertz CT molecular complexity index is 380. The molecule has 3 N–H and O–H groups in total. The van der Waals surface area contributed by atoms with Crippen molar-refractivity contribution in [3.63, 3.8) is 0 Å². The van der Waals surface area contributed by atoms with Crippen molar-refractivity contribution in [3.8, 4) is 0 Å². The normalized spacial score (nSPS) is 16.4. The van der Waals surface area contributed by atoms with Crippen LogP contribution >= 0.6 is 11.8 Å². The molecule has 102 valence electrons. The van der Waals surface area contributed by atoms with Gasteiger partial charge in [0.2, 0.25) is 0 Å². The van der Waals surface area contributed by atoms with Crippen molar-refractivity contribution in [1.82, 2.24) is 0 Å². The van der Waals surface area contributed by atoms with Gasteiger partial charge in [0.05, 0.1) is 6.10 Å². The van der Waals surface area contributed by atoms with Gasteiger partial charge in [-0.05, 0) is 44.4 Å². The van der Waals surface area contributed by atoms with Crippen LogP contribution in [0.3, 0.4) is 0 Å². The molecule has 18 heavy (non-hydrogen) atoms. The van der Waals surface area contributed by atoms with E-state index in [1.807, 2.05) is 13.8 Å². The maximum atomic E-state index is 9.49. The minimum atomic E-state index is -0.289. The minimum Gasteiger partial charge on any atom is -0.392 e. The average Bonchev–Trinajstić information content (AvgIpc) is 2.24. The van der Waals surface area contributed by atoms with E-state index < -0.39 is 0 Å². The van der Waals surface area contributed by atoms with Gasteiger partial charge in [-0.15, -0.1) is 0 Å². The number of rotatable bonds is 5. The van der Waals surface area contributed by atoms with E-state index >= 15 is 0 Å². The molecule has 0 saturated carbocycles. The second-order valence-corrected chi connectivity index (χ2v) is 6.61. The molecule has 1 rings (SSSR count). The summed E-state index contributed by atoms with van der Waals surface area (Å²) >= 11 is 1.73. The quantitative estimate of drug-likeness (QED) is 0.861. The van der Waals surface area contributed by atoms with Crippen LogP contribution in [0.5, 0.6) is 0 Å². The number of hydrogen-bond donors (Lipinski definition) is 2. The number of aliphatic hydroxyl groups excluding tert-OH is 1. The van der Waals surface area contributed by atoms with Gasteiger partial charge in [0, 0.05) is 17.0 Å². The highest BCUT2D eigenvalue weighted by molar-refractivity contribution is 7.99. The molecule has 1 aromatic rings. The zero-order valence-corrected chi connectivity index (χ0v) is 12.8. The van der Waals surface area contributed by atoms with Crippen molar-refractivity contribution in [2.24, 2.45) is 5.73 Å². The number of nitrogens with two attached hydrogens (primary N) is 1. The predicted molar refractivity (Wildman–Crippen MR) is 81.2 cm³/mol. The highest BCUT2D eigenvalue weighted by atomic mass is 32.2. The Labute approximate surface area is 115 Å². The summed E-state index contributed by atoms with van der Waals surface area (Å²) in [6.45, 7) is 10.2. The first-order valence-electron chi connectivity index (χ1n) is 6.46. The van der Waals surface area contributed by atoms with Gasteiger partial charge in [0.15, 0.2) is 0 Å². The largest absolute Gasteiger partial charge is 0.392 e. The molecule has 0 heterocycles. The summed E-state index contributed by atoms with van der Waals surface area (Å²) in [5, 5.41) is 9.71. The molecule has 0 saturated heterocycles. The first-order chi connectivity index (χ1) is 8.32. The summed E-state index contributed by atoms with van der Waals surface area (Å²) in [6, 6.07) is 4.41. The maximum Gasteiger partial charge on any atom is 0.0628 e. The second-order valence-electron chi connectivity index (χ2n) is 5.20. The first kappa shape index (κ1) is 15.5. The lowest BCUT2D eigenvalue weighted by atomic mass is 9.95. The summed E-state index contributed by atoms with van der Waals surface area (Å²) in [7, 11) is 0. The van der Waals surface area contributed by atoms with Crippen molar-refractivity contribution < 1.29 is 5.11 Å². The van der Waals surface area contributed by atoms with E-state index in [1.54, 1.807) is 11.8 Å². The third-order valence-corrected chi connectivity index (χ3v) is 4.80. The Morgan fingerprint density at radius 1 is 1.17 bits per heavy atom. The highest BCUT2D eigenvalue weighted by Crippen LogP contribution is 2.26. The average molecular weight is 267 g/mol. The van der Waals surface area contributed by atoms with Crippen LogP contribution in [-0.4, -0.2) is 22.2 Å². The van der Waals surface area contributed by atoms with Gasteiger partial charge >= 0.3 is 0 Å². The molecule has 0 amide bonds. The predicted octanol–water partition coefficient (Wildman–Crippen LogP) is 3.11. The molecule has 1 aromatic carbocycles. The third kappa shape index (κ3) is 4.01. The fourth-order valence-electron chi connectivity index (χ4n) is 2.25. The van der Waals surface area contributed by atoms with E-state index in [4.69, 9.17) is 5.73 Å². The number of hydrogen-bond acceptors (Lipinski definition) is 3. The van der Waals surface area contributed by atoms with Gasteiger partial charge in [0.25, 0.3) is 0 Å². The van der Waals surface area contributed by atoms with Crippen LogP contribution in [0.15, 0.2) is 12.1 Å². The van der Waals surface area contributed by atoms with E-state index in [1.165, 1.54) is 22.3 Å². The van der Waals surface area contributed by atoms with Crippen LogP contribution in [0.25, 0.3) is 0 Å². The number of benzene rings is 1. The zero-order chi connectivity index (χ0) is 13.9. The zero-order valence-electron chi connectivity index (χ0n) is 12.0. The Balaban J connectivity index is 2.76. The molecule has 2 nitrogen and oxygen atoms in total. The van der Waals surface area contributed by atoms with Crippen LogP contribution in [0.2, 0.25) is 0 Å². The van der Waals surface area contributed by atoms with Gasteiger partial charge in [-0.25, -0.2) is 0 Å². The van der Waals surface area contributed by atoms with Crippen LogP contribution in [0.1, 0.15) is 42.1 Å². The van der Waals surface area contributed by atoms with Crippen molar-refractivity contribution >= 4 is 11.8 Å². The molecule has 0 radical (unpaired) electrons. The summed E-state index contributed by atoms with van der Waals surface area (Å²) in [6.07, 6.45) is -0.289. The molecule has 0 aromatic heterocycles. The lowest BCUT2D eigenvalue weighted by Crippen LogP contribution is -2.21. The molecule has 0 bridgehead atoms. The fourth-order valence-corrected chi connectivity index (χ4v) is 3.21. The van der Waals surface area contributed by atoms with Gasteiger partial charge in [-0.3, -0.25) is 0 Å². The summed E-state index contributed by atoms with van der Waals surface area (Å²) in [5.41, 5.74) is 11.4. The monoisotopic (exact) mass is 267 g/mol. The Morgan fingerprint density at radius 3 is 2.11 bits per heavy atom. The summed E-state index contributed by atoms with van der Waals surface area (Å²) in [4.78, 5) is 0. The van der Waals surface area contributed by atoms with E-state index in [-0.39, 0.29) is 17.4 Å². The SMILES string of the molecule is Cc1cc(C)c(C(N)CSC(C)C(C)O)c(C)c1. The number of aryl methyl sites for hydroxylation is 3. The van der Waals surface area contributed by atoms with E-state index in [9.17, 15) is 5.11 Å². The Hall–Kier alpha value is -0.510. The molecular weight excluding hydrogens is 242 g/mol. The molecule has 0 fully saturated rings. The van der Waals surface area contributed by atoms with Gasteiger partial charge in [-0.1, -0.05) is 24.6 Å². The lowest BCUT2D eigenvalue weighted by Gasteiger charge is -2.21. The molecule has 3 heteroatoms. The van der Waals surface area contributed by atoms with E-state index in [2.05, 4.69) is 32.9 Å². The molecule has 3 unspecified atom stereocenters. The standard InChI is InChI=1S/C15H25NOS/c1-9-6-10(2)15(11(3)7-9)14(16)8-18-13(5)12(4)17/h6-7,12-14,17H,8,16H2,1-5H3. The lowest BCUT2D eigenvalue weighted by molar-refractivity contribution is 0.196. The maximum absolute atomic E-state index is 9.49. The number of aliphatic hydroxyl groups is 1. The van der Waals surface area contributed by atoms with Crippen molar-refractivity contribution in [3.05, 3.63) is 34.4 Å². The molecule has 0 aliphatic rings. The van der Waals surface area contributed by atoms with E-state index in [0.717, 1.165) is 5.75 Å². The van der Waals surface area contributed by atoms with Crippen molar-refractivity contribution in [2.45, 2.75) is 52.0 Å². The van der Waals surface area contributed by atoms with Gasteiger partial charge in [-0.2, -0.15) is 11.8 Å². The van der Waals surface area contributed by atoms with Gasteiger partial charge < -0.3 is 10.8 Å². The highest BCUT2D eigenvalue weighted by Gasteiger charge is 2.16. The first-order valence-corrected chi connectivity index (χ1v) is 7.50. The molecule has 0 aliphatic carbocycles.